The molecular weight excluding hydrogens is 372 g/mol. The van der Waals surface area contributed by atoms with Gasteiger partial charge in [-0.1, -0.05) is 6.92 Å². The number of aromatic nitrogens is 4. The van der Waals surface area contributed by atoms with Gasteiger partial charge in [0.05, 0.1) is 24.2 Å². The van der Waals surface area contributed by atoms with E-state index in [2.05, 4.69) is 15.0 Å². The maximum absolute atomic E-state index is 10.9. The molecule has 1 aliphatic rings. The summed E-state index contributed by atoms with van der Waals surface area (Å²) in [7, 11) is 0. The minimum absolute atomic E-state index is 0.0199. The smallest absolute Gasteiger partial charge is 0.269 e. The first-order valence-corrected chi connectivity index (χ1v) is 9.59. The minimum atomic E-state index is -0.411. The van der Waals surface area contributed by atoms with E-state index >= 15 is 0 Å². The topological polar surface area (TPSA) is 99.2 Å². The van der Waals surface area contributed by atoms with Gasteiger partial charge in [0.15, 0.2) is 5.82 Å². The lowest BCUT2D eigenvalue weighted by Gasteiger charge is -2.34. The summed E-state index contributed by atoms with van der Waals surface area (Å²) in [6.07, 6.45) is 4.48. The Morgan fingerprint density at radius 2 is 2.10 bits per heavy atom. The van der Waals surface area contributed by atoms with E-state index in [-0.39, 0.29) is 11.8 Å². The molecule has 0 spiro atoms. The number of benzene rings is 1. The van der Waals surface area contributed by atoms with Crippen molar-refractivity contribution in [2.45, 2.75) is 26.0 Å². The van der Waals surface area contributed by atoms with Crippen LogP contribution in [0.1, 0.15) is 12.6 Å². The van der Waals surface area contributed by atoms with E-state index < -0.39 is 4.92 Å². The van der Waals surface area contributed by atoms with Crippen molar-refractivity contribution in [3.63, 3.8) is 0 Å². The average molecular weight is 394 g/mol. The third kappa shape index (κ3) is 4.40. The number of morpholine rings is 1. The van der Waals surface area contributed by atoms with Gasteiger partial charge in [0.2, 0.25) is 0 Å². The van der Waals surface area contributed by atoms with Crippen LogP contribution in [0, 0.1) is 10.1 Å². The van der Waals surface area contributed by atoms with Crippen molar-refractivity contribution in [2.24, 2.45) is 0 Å². The van der Waals surface area contributed by atoms with Gasteiger partial charge < -0.3 is 9.64 Å². The summed E-state index contributed by atoms with van der Waals surface area (Å²) < 4.78 is 7.77. The van der Waals surface area contributed by atoms with Crippen LogP contribution in [-0.4, -0.2) is 50.5 Å². The van der Waals surface area contributed by atoms with Gasteiger partial charge in [-0.25, -0.2) is 9.97 Å². The van der Waals surface area contributed by atoms with E-state index in [1.165, 1.54) is 12.1 Å². The van der Waals surface area contributed by atoms with Crippen molar-refractivity contribution in [3.8, 4) is 11.4 Å². The lowest BCUT2D eigenvalue weighted by Crippen LogP contribution is -2.44. The van der Waals surface area contributed by atoms with Crippen molar-refractivity contribution in [1.29, 1.82) is 0 Å². The molecule has 1 aromatic carbocycles. The molecule has 1 aliphatic heterocycles. The van der Waals surface area contributed by atoms with Crippen molar-refractivity contribution in [1.82, 2.24) is 19.7 Å². The largest absolute Gasteiger partial charge is 0.373 e. The van der Waals surface area contributed by atoms with E-state index in [0.29, 0.717) is 25.5 Å². The fraction of sp³-hybridized carbons (Fsp3) is 0.350. The molecule has 0 aliphatic carbocycles. The summed E-state index contributed by atoms with van der Waals surface area (Å²) in [5.41, 5.74) is 1.74. The van der Waals surface area contributed by atoms with Crippen LogP contribution in [0.15, 0.2) is 48.8 Å². The van der Waals surface area contributed by atoms with Crippen molar-refractivity contribution in [3.05, 3.63) is 64.6 Å². The molecule has 0 amide bonds. The highest BCUT2D eigenvalue weighted by molar-refractivity contribution is 5.60. The number of hydrogen-bond donors (Lipinski definition) is 0. The fourth-order valence-electron chi connectivity index (χ4n) is 3.34. The summed E-state index contributed by atoms with van der Waals surface area (Å²) in [5.74, 6) is 1.42. The van der Waals surface area contributed by atoms with E-state index in [1.807, 2.05) is 29.9 Å². The summed E-state index contributed by atoms with van der Waals surface area (Å²) in [4.78, 5) is 22.1. The minimum Gasteiger partial charge on any atom is -0.373 e. The van der Waals surface area contributed by atoms with Gasteiger partial charge in [-0.3, -0.25) is 14.8 Å². The number of nitro groups is 1. The van der Waals surface area contributed by atoms with Gasteiger partial charge in [0.1, 0.15) is 5.82 Å². The molecule has 0 bridgehead atoms. The molecule has 0 N–H and O–H groups in total. The number of nitro benzene ring substituents is 1. The Labute approximate surface area is 168 Å². The van der Waals surface area contributed by atoms with Crippen LogP contribution in [-0.2, 0) is 17.7 Å². The highest BCUT2D eigenvalue weighted by atomic mass is 16.6. The Morgan fingerprint density at radius 1 is 1.28 bits per heavy atom. The molecule has 150 valence electrons. The Balaban J connectivity index is 1.58. The molecule has 9 nitrogen and oxygen atoms in total. The second kappa shape index (κ2) is 8.36. The number of aryl methyl sites for hydroxylation is 1. The zero-order chi connectivity index (χ0) is 20.2. The summed E-state index contributed by atoms with van der Waals surface area (Å²) in [6, 6.07) is 10.2. The first-order chi connectivity index (χ1) is 14.1. The monoisotopic (exact) mass is 394 g/mol. The molecule has 2 aromatic heterocycles. The number of rotatable bonds is 6. The van der Waals surface area contributed by atoms with E-state index in [9.17, 15) is 10.1 Å². The van der Waals surface area contributed by atoms with Gasteiger partial charge in [-0.2, -0.15) is 5.10 Å². The Morgan fingerprint density at radius 3 is 2.79 bits per heavy atom. The predicted octanol–water partition coefficient (Wildman–Crippen LogP) is 2.72. The lowest BCUT2D eigenvalue weighted by atomic mass is 10.2. The van der Waals surface area contributed by atoms with Gasteiger partial charge in [-0.05, 0) is 24.6 Å². The quantitative estimate of drug-likeness (QED) is 0.468. The molecule has 29 heavy (non-hydrogen) atoms. The molecule has 9 heteroatoms. The normalized spacial score (nSPS) is 16.7. The Kier molecular flexibility index (Phi) is 5.48. The molecule has 1 saturated heterocycles. The second-order valence-corrected chi connectivity index (χ2v) is 6.87. The molecule has 0 radical (unpaired) electrons. The van der Waals surface area contributed by atoms with Crippen LogP contribution in [0.5, 0.6) is 0 Å². The number of anilines is 1. The van der Waals surface area contributed by atoms with Gasteiger partial charge in [0.25, 0.3) is 5.69 Å². The van der Waals surface area contributed by atoms with E-state index in [0.717, 1.165) is 30.0 Å². The molecule has 0 saturated carbocycles. The highest BCUT2D eigenvalue weighted by Crippen LogP contribution is 2.24. The molecule has 1 unspecified atom stereocenters. The molecule has 1 fully saturated rings. The van der Waals surface area contributed by atoms with Crippen LogP contribution in [0.3, 0.4) is 0 Å². The predicted molar refractivity (Wildman–Crippen MR) is 108 cm³/mol. The van der Waals surface area contributed by atoms with Crippen molar-refractivity contribution >= 4 is 11.5 Å². The van der Waals surface area contributed by atoms with Crippen molar-refractivity contribution < 1.29 is 9.66 Å². The number of nitrogens with zero attached hydrogens (tertiary/aromatic N) is 6. The van der Waals surface area contributed by atoms with Gasteiger partial charge in [0, 0.05) is 54.9 Å². The zero-order valence-corrected chi connectivity index (χ0v) is 16.1. The maximum atomic E-state index is 10.9. The third-order valence-corrected chi connectivity index (χ3v) is 4.88. The van der Waals surface area contributed by atoms with E-state index in [4.69, 9.17) is 9.72 Å². The summed E-state index contributed by atoms with van der Waals surface area (Å²) in [6.45, 7) is 4.80. The zero-order valence-electron chi connectivity index (χ0n) is 16.1. The van der Waals surface area contributed by atoms with Crippen molar-refractivity contribution in [2.75, 3.05) is 24.6 Å². The highest BCUT2D eigenvalue weighted by Gasteiger charge is 2.23. The van der Waals surface area contributed by atoms with Gasteiger partial charge >= 0.3 is 0 Å². The first-order valence-electron chi connectivity index (χ1n) is 9.59. The van der Waals surface area contributed by atoms with Crippen LogP contribution >= 0.6 is 0 Å². The molecule has 3 aromatic rings. The van der Waals surface area contributed by atoms with Gasteiger partial charge in [-0.15, -0.1) is 0 Å². The third-order valence-electron chi connectivity index (χ3n) is 4.88. The maximum Gasteiger partial charge on any atom is 0.269 e. The molecular formula is C20H22N6O3. The number of hydrogen-bond acceptors (Lipinski definition) is 7. The molecule has 3 heterocycles. The standard InChI is InChI=1S/C20H22N6O3/c1-2-16-12-19(23-20(22-16)15-4-6-17(7-5-15)26(27)28)24-10-11-29-18(13-24)14-25-9-3-8-21-25/h3-9,12,18H,2,10-11,13-14H2,1H3. The van der Waals surface area contributed by atoms with Crippen LogP contribution in [0.2, 0.25) is 0 Å². The number of ether oxygens (including phenoxy) is 1. The second-order valence-electron chi connectivity index (χ2n) is 6.87. The van der Waals surface area contributed by atoms with Crippen LogP contribution in [0.25, 0.3) is 11.4 Å². The Bertz CT molecular complexity index is 974. The molecule has 4 rings (SSSR count). The van der Waals surface area contributed by atoms with E-state index in [1.54, 1.807) is 18.3 Å². The lowest BCUT2D eigenvalue weighted by molar-refractivity contribution is -0.384. The summed E-state index contributed by atoms with van der Waals surface area (Å²) >= 11 is 0. The first kappa shape index (κ1) is 19.0. The fourth-order valence-corrected chi connectivity index (χ4v) is 3.34. The molecule has 1 atom stereocenters. The number of non-ortho nitro benzene ring substituents is 1. The SMILES string of the molecule is CCc1cc(N2CCOC(Cn3cccn3)C2)nc(-c2ccc([N+](=O)[O-])cc2)n1. The van der Waals surface area contributed by atoms with Crippen LogP contribution in [0.4, 0.5) is 11.5 Å². The summed E-state index contributed by atoms with van der Waals surface area (Å²) in [5, 5.41) is 15.2. The van der Waals surface area contributed by atoms with Crippen LogP contribution < -0.4 is 4.90 Å². The average Bonchev–Trinajstić information content (AvgIpc) is 3.26. The Hall–Kier alpha value is -3.33.